The number of amides is 1. The van der Waals surface area contributed by atoms with E-state index in [1.54, 1.807) is 0 Å². The number of rotatable bonds is 7. The summed E-state index contributed by atoms with van der Waals surface area (Å²) < 4.78 is 79.8. The Hall–Kier alpha value is -2.00. The molecule has 0 aliphatic heterocycles. The minimum atomic E-state index is -5.17. The van der Waals surface area contributed by atoms with Gasteiger partial charge in [0.2, 0.25) is 17.7 Å². The summed E-state index contributed by atoms with van der Waals surface area (Å²) in [5, 5.41) is 2.75. The molecule has 2 saturated carbocycles. The standard InChI is InChI=1S/C17H18F6N2O2/c18-15(17(21,22)23)27-13-6-11(3-4-24-13)14(10-1-2-10)25-12(26)5-9-7-16(19,20)8-9/h3-4,6,9-10,14-15H,1-2,5,7-8H2,(H,25,26)/t14?,15-/m0/s1. The van der Waals surface area contributed by atoms with E-state index in [2.05, 4.69) is 15.0 Å². The fourth-order valence-electron chi connectivity index (χ4n) is 3.18. The van der Waals surface area contributed by atoms with E-state index in [1.807, 2.05) is 0 Å². The number of nitrogens with zero attached hydrogens (tertiary/aromatic N) is 1. The Labute approximate surface area is 151 Å². The molecule has 2 aliphatic carbocycles. The molecule has 3 rings (SSSR count). The van der Waals surface area contributed by atoms with Gasteiger partial charge in [-0.3, -0.25) is 4.79 Å². The molecule has 0 aromatic carbocycles. The van der Waals surface area contributed by atoms with Gasteiger partial charge in [-0.15, -0.1) is 0 Å². The number of hydrogen-bond acceptors (Lipinski definition) is 3. The van der Waals surface area contributed by atoms with Gasteiger partial charge in [-0.1, -0.05) is 0 Å². The van der Waals surface area contributed by atoms with Crippen LogP contribution in [-0.2, 0) is 4.79 Å². The van der Waals surface area contributed by atoms with Gasteiger partial charge in [0.25, 0.3) is 0 Å². The van der Waals surface area contributed by atoms with E-state index < -0.39 is 36.3 Å². The Bertz CT molecular complexity index is 684. The molecular formula is C17H18F6N2O2. The highest BCUT2D eigenvalue weighted by Gasteiger charge is 2.46. The van der Waals surface area contributed by atoms with E-state index in [1.165, 1.54) is 12.3 Å². The molecule has 1 aromatic rings. The molecule has 2 atom stereocenters. The lowest BCUT2D eigenvalue weighted by molar-refractivity contribution is -0.237. The zero-order valence-electron chi connectivity index (χ0n) is 14.1. The van der Waals surface area contributed by atoms with Crippen LogP contribution in [0.1, 0.15) is 43.7 Å². The van der Waals surface area contributed by atoms with Crippen molar-refractivity contribution in [2.75, 3.05) is 0 Å². The minimum Gasteiger partial charge on any atom is -0.434 e. The first kappa shape index (κ1) is 19.8. The predicted octanol–water partition coefficient (Wildman–Crippen LogP) is 4.32. The number of pyridine rings is 1. The smallest absolute Gasteiger partial charge is 0.434 e. The monoisotopic (exact) mass is 396 g/mol. The van der Waals surface area contributed by atoms with Gasteiger partial charge >= 0.3 is 12.5 Å². The lowest BCUT2D eigenvalue weighted by Gasteiger charge is -2.34. The highest BCUT2D eigenvalue weighted by atomic mass is 19.4. The number of carbonyl (C=O) groups is 1. The van der Waals surface area contributed by atoms with Gasteiger partial charge in [0.1, 0.15) is 0 Å². The summed E-state index contributed by atoms with van der Waals surface area (Å²) >= 11 is 0. The van der Waals surface area contributed by atoms with Gasteiger partial charge in [-0.25, -0.2) is 13.8 Å². The molecule has 1 N–H and O–H groups in total. The molecule has 4 nitrogen and oxygen atoms in total. The number of halogens is 6. The maximum absolute atomic E-state index is 13.0. The van der Waals surface area contributed by atoms with Crippen molar-refractivity contribution >= 4 is 5.91 Å². The average Bonchev–Trinajstić information content (AvgIpc) is 3.35. The third-order valence-electron chi connectivity index (χ3n) is 4.66. The van der Waals surface area contributed by atoms with Crippen molar-refractivity contribution in [2.45, 2.75) is 56.6 Å². The summed E-state index contributed by atoms with van der Waals surface area (Å²) in [4.78, 5) is 15.7. The van der Waals surface area contributed by atoms with Crippen LogP contribution in [0, 0.1) is 11.8 Å². The third kappa shape index (κ3) is 5.26. The number of aromatic nitrogens is 1. The summed E-state index contributed by atoms with van der Waals surface area (Å²) in [6.45, 7) is 0. The topological polar surface area (TPSA) is 51.2 Å². The van der Waals surface area contributed by atoms with Gasteiger partial charge in [-0.05, 0) is 36.3 Å². The highest BCUT2D eigenvalue weighted by molar-refractivity contribution is 5.77. The average molecular weight is 396 g/mol. The van der Waals surface area contributed by atoms with E-state index in [-0.39, 0.29) is 31.1 Å². The van der Waals surface area contributed by atoms with Crippen molar-refractivity contribution in [3.8, 4) is 5.88 Å². The second-order valence-corrected chi connectivity index (χ2v) is 7.12. The van der Waals surface area contributed by atoms with Gasteiger partial charge in [0.15, 0.2) is 0 Å². The van der Waals surface area contributed by atoms with E-state index in [4.69, 9.17) is 0 Å². The molecule has 150 valence electrons. The largest absolute Gasteiger partial charge is 0.457 e. The van der Waals surface area contributed by atoms with Gasteiger partial charge < -0.3 is 10.1 Å². The lowest BCUT2D eigenvalue weighted by atomic mass is 9.79. The summed E-state index contributed by atoms with van der Waals surface area (Å²) in [5.41, 5.74) is 0.434. The first-order valence-electron chi connectivity index (χ1n) is 8.54. The summed E-state index contributed by atoms with van der Waals surface area (Å²) in [6, 6.07) is 2.14. The van der Waals surface area contributed by atoms with Crippen LogP contribution in [0.2, 0.25) is 0 Å². The molecule has 1 aromatic heterocycles. The minimum absolute atomic E-state index is 0.0339. The number of ether oxygens (including phenoxy) is 1. The Morgan fingerprint density at radius 3 is 2.56 bits per heavy atom. The van der Waals surface area contributed by atoms with Crippen LogP contribution < -0.4 is 10.1 Å². The first-order chi connectivity index (χ1) is 12.5. The lowest BCUT2D eigenvalue weighted by Crippen LogP contribution is -2.39. The van der Waals surface area contributed by atoms with Crippen LogP contribution in [0.4, 0.5) is 26.3 Å². The Morgan fingerprint density at radius 2 is 2.00 bits per heavy atom. The third-order valence-corrected chi connectivity index (χ3v) is 4.66. The Balaban J connectivity index is 1.63. The zero-order chi connectivity index (χ0) is 19.8. The fraction of sp³-hybridized carbons (Fsp3) is 0.647. The van der Waals surface area contributed by atoms with Crippen molar-refractivity contribution in [3.05, 3.63) is 23.9 Å². The molecular weight excluding hydrogens is 378 g/mol. The van der Waals surface area contributed by atoms with Crippen LogP contribution in [0.15, 0.2) is 18.3 Å². The molecule has 27 heavy (non-hydrogen) atoms. The van der Waals surface area contributed by atoms with Crippen molar-refractivity contribution in [2.24, 2.45) is 11.8 Å². The quantitative estimate of drug-likeness (QED) is 0.699. The van der Waals surface area contributed by atoms with Gasteiger partial charge in [0, 0.05) is 31.5 Å². The molecule has 0 radical (unpaired) electrons. The number of carbonyl (C=O) groups excluding carboxylic acids is 1. The SMILES string of the molecule is O=C(CC1CC(F)(F)C1)NC(c1ccnc(O[C@H](F)C(F)(F)F)c1)C1CC1. The summed E-state index contributed by atoms with van der Waals surface area (Å²) in [6.07, 6.45) is -6.58. The van der Waals surface area contributed by atoms with Crippen LogP contribution in [-0.4, -0.2) is 29.3 Å². The van der Waals surface area contributed by atoms with E-state index in [9.17, 15) is 31.1 Å². The number of nitrogens with one attached hydrogen (secondary N) is 1. The van der Waals surface area contributed by atoms with Gasteiger partial charge in [-0.2, -0.15) is 17.6 Å². The Kier molecular flexibility index (Phi) is 5.27. The van der Waals surface area contributed by atoms with Crippen LogP contribution in [0.25, 0.3) is 0 Å². The molecule has 2 aliphatic rings. The van der Waals surface area contributed by atoms with Crippen molar-refractivity contribution in [1.82, 2.24) is 10.3 Å². The summed E-state index contributed by atoms with van der Waals surface area (Å²) in [5.74, 6) is -3.95. The predicted molar refractivity (Wildman–Crippen MR) is 81.7 cm³/mol. The second-order valence-electron chi connectivity index (χ2n) is 7.12. The molecule has 2 fully saturated rings. The molecule has 0 saturated heterocycles. The number of hydrogen-bond donors (Lipinski definition) is 1. The maximum atomic E-state index is 13.0. The molecule has 1 amide bonds. The zero-order valence-corrected chi connectivity index (χ0v) is 14.1. The van der Waals surface area contributed by atoms with Crippen LogP contribution in [0.5, 0.6) is 5.88 Å². The van der Waals surface area contributed by atoms with E-state index in [0.29, 0.717) is 5.56 Å². The fourth-order valence-corrected chi connectivity index (χ4v) is 3.18. The maximum Gasteiger partial charge on any atom is 0.457 e. The van der Waals surface area contributed by atoms with Crippen LogP contribution in [0.3, 0.4) is 0 Å². The first-order valence-corrected chi connectivity index (χ1v) is 8.54. The van der Waals surface area contributed by atoms with Crippen molar-refractivity contribution in [1.29, 1.82) is 0 Å². The molecule has 0 spiro atoms. The highest BCUT2D eigenvalue weighted by Crippen LogP contribution is 2.45. The molecule has 10 heteroatoms. The van der Waals surface area contributed by atoms with Crippen molar-refractivity contribution in [3.63, 3.8) is 0 Å². The Morgan fingerprint density at radius 1 is 1.33 bits per heavy atom. The molecule has 1 heterocycles. The van der Waals surface area contributed by atoms with E-state index >= 15 is 0 Å². The van der Waals surface area contributed by atoms with Crippen molar-refractivity contribution < 1.29 is 35.9 Å². The molecule has 0 bridgehead atoms. The second kappa shape index (κ2) is 7.20. The number of alkyl halides is 6. The summed E-state index contributed by atoms with van der Waals surface area (Å²) in [7, 11) is 0. The molecule has 1 unspecified atom stereocenters. The normalized spacial score (nSPS) is 21.9. The van der Waals surface area contributed by atoms with Crippen LogP contribution >= 0.6 is 0 Å². The van der Waals surface area contributed by atoms with E-state index in [0.717, 1.165) is 18.9 Å². The van der Waals surface area contributed by atoms with Gasteiger partial charge in [0.05, 0.1) is 6.04 Å².